The summed E-state index contributed by atoms with van der Waals surface area (Å²) in [5.74, 6) is 0.407. The molecule has 7 nitrogen and oxygen atoms in total. The fourth-order valence-electron chi connectivity index (χ4n) is 6.50. The first-order valence-corrected chi connectivity index (χ1v) is 18.9. The molecule has 2 aromatic rings. The van der Waals surface area contributed by atoms with E-state index in [1.807, 2.05) is 45.9 Å². The Labute approximate surface area is 287 Å². The van der Waals surface area contributed by atoms with Crippen LogP contribution in [-0.2, 0) is 25.7 Å². The standard InChI is InChI=1S/C36H46N2O5S2.C2H6/c1-8-37-30-21-19-27(45(41,42)43)24-29(30)36(6,7)33(37)16-12-9-13-17-34-35(4,5)28-23-26(44-40)18-20-31(28)38(34)22-14-10-11-15-32(39)25(2)3;1-2/h9,12-13,16-21,23-25H,8,10-11,14-15,22H2,1-7H3,(H-,40,41,42,43);1-2H3/p+1. The molecule has 2 heterocycles. The topological polar surface area (TPSA) is 97.9 Å². The predicted molar refractivity (Wildman–Crippen MR) is 196 cm³/mol. The summed E-state index contributed by atoms with van der Waals surface area (Å²) in [5, 5.41) is 0. The lowest BCUT2D eigenvalue weighted by Gasteiger charge is -2.25. The van der Waals surface area contributed by atoms with Crippen molar-refractivity contribution in [3.63, 3.8) is 0 Å². The van der Waals surface area contributed by atoms with Crippen molar-refractivity contribution in [2.75, 3.05) is 18.0 Å². The highest BCUT2D eigenvalue weighted by Crippen LogP contribution is 2.48. The van der Waals surface area contributed by atoms with Crippen LogP contribution in [0, 0.1) is 5.92 Å². The van der Waals surface area contributed by atoms with Crippen molar-refractivity contribution in [2.24, 2.45) is 5.92 Å². The summed E-state index contributed by atoms with van der Waals surface area (Å²) in [7, 11) is -4.30. The van der Waals surface area contributed by atoms with E-state index in [2.05, 4.69) is 74.5 Å². The van der Waals surface area contributed by atoms with Crippen LogP contribution >= 0.6 is 12.0 Å². The molecule has 2 aromatic carbocycles. The van der Waals surface area contributed by atoms with E-state index >= 15 is 0 Å². The van der Waals surface area contributed by atoms with Gasteiger partial charge >= 0.3 is 0 Å². The van der Waals surface area contributed by atoms with Gasteiger partial charge in [-0.3, -0.25) is 9.35 Å². The van der Waals surface area contributed by atoms with Gasteiger partial charge in [-0.1, -0.05) is 59.8 Å². The molecule has 256 valence electrons. The Bertz CT molecular complexity index is 1680. The van der Waals surface area contributed by atoms with Gasteiger partial charge in [-0.15, -0.1) is 0 Å². The van der Waals surface area contributed by atoms with Gasteiger partial charge in [0.25, 0.3) is 10.1 Å². The van der Waals surface area contributed by atoms with Gasteiger partial charge in [0.2, 0.25) is 5.69 Å². The third-order valence-electron chi connectivity index (χ3n) is 9.13. The molecule has 0 unspecified atom stereocenters. The minimum absolute atomic E-state index is 0.0849. The molecule has 0 fully saturated rings. The second-order valence-corrected chi connectivity index (χ2v) is 15.3. The van der Waals surface area contributed by atoms with Crippen LogP contribution in [0.25, 0.3) is 0 Å². The Kier molecular flexibility index (Phi) is 13.1. The van der Waals surface area contributed by atoms with Gasteiger partial charge in [0.05, 0.1) is 10.3 Å². The van der Waals surface area contributed by atoms with Crippen LogP contribution < -0.4 is 4.90 Å². The Balaban J connectivity index is 0.00000294. The number of allylic oxidation sites excluding steroid dienone is 6. The number of carbonyl (C=O) groups is 1. The maximum atomic E-state index is 12.1. The molecule has 0 aliphatic carbocycles. The fraction of sp³-hybridized carbons (Fsp3) is 0.474. The average molecular weight is 682 g/mol. The van der Waals surface area contributed by atoms with Crippen LogP contribution in [0.1, 0.15) is 99.1 Å². The quantitative estimate of drug-likeness (QED) is 0.0715. The number of benzene rings is 2. The zero-order valence-electron chi connectivity index (χ0n) is 29.5. The van der Waals surface area contributed by atoms with Crippen LogP contribution in [0.15, 0.2) is 82.3 Å². The summed E-state index contributed by atoms with van der Waals surface area (Å²) in [6.45, 7) is 20.1. The lowest BCUT2D eigenvalue weighted by molar-refractivity contribution is -0.438. The minimum Gasteiger partial charge on any atom is -0.344 e. The Morgan fingerprint density at radius 3 is 2.28 bits per heavy atom. The van der Waals surface area contributed by atoms with Crippen molar-refractivity contribution in [2.45, 2.75) is 109 Å². The van der Waals surface area contributed by atoms with E-state index in [9.17, 15) is 22.3 Å². The van der Waals surface area contributed by atoms with Crippen molar-refractivity contribution in [3.8, 4) is 0 Å². The van der Waals surface area contributed by atoms with Crippen molar-refractivity contribution in [1.82, 2.24) is 0 Å². The maximum Gasteiger partial charge on any atom is 0.294 e. The predicted octanol–water partition coefficient (Wildman–Crippen LogP) is 9.50. The van der Waals surface area contributed by atoms with E-state index in [1.54, 1.807) is 12.1 Å². The Hall–Kier alpha value is -2.98. The Morgan fingerprint density at radius 1 is 0.957 bits per heavy atom. The summed E-state index contributed by atoms with van der Waals surface area (Å²) < 4.78 is 45.3. The van der Waals surface area contributed by atoms with Crippen LogP contribution in [0.3, 0.4) is 0 Å². The van der Waals surface area contributed by atoms with E-state index in [4.69, 9.17) is 0 Å². The van der Waals surface area contributed by atoms with E-state index in [0.717, 1.165) is 71.9 Å². The number of nitrogens with zero attached hydrogens (tertiary/aromatic N) is 2. The first-order chi connectivity index (χ1) is 22.1. The molecule has 0 saturated carbocycles. The molecule has 0 atom stereocenters. The lowest BCUT2D eigenvalue weighted by Crippen LogP contribution is -2.28. The van der Waals surface area contributed by atoms with Crippen molar-refractivity contribution < 1.29 is 26.9 Å². The van der Waals surface area contributed by atoms with Gasteiger partial charge in [-0.05, 0) is 75.6 Å². The molecule has 2 aliphatic heterocycles. The summed E-state index contributed by atoms with van der Waals surface area (Å²) in [6.07, 6.45) is 13.8. The number of Topliss-reactive ketones (excluding diaryl/α,β-unsaturated/α-hetero) is 1. The Morgan fingerprint density at radius 2 is 1.66 bits per heavy atom. The maximum absolute atomic E-state index is 12.1. The highest BCUT2D eigenvalue weighted by molar-refractivity contribution is 7.93. The highest BCUT2D eigenvalue weighted by atomic mass is 32.2. The van der Waals surface area contributed by atoms with Gasteiger partial charge in [0.15, 0.2) is 5.71 Å². The van der Waals surface area contributed by atoms with Gasteiger partial charge in [0, 0.05) is 76.7 Å². The van der Waals surface area contributed by atoms with Gasteiger partial charge in [-0.25, -0.2) is 0 Å². The van der Waals surface area contributed by atoms with Gasteiger partial charge in [0.1, 0.15) is 12.3 Å². The number of anilines is 1. The number of fused-ring (bicyclic) bond motifs is 2. The van der Waals surface area contributed by atoms with E-state index in [1.165, 1.54) is 17.3 Å². The van der Waals surface area contributed by atoms with Crippen LogP contribution in [0.4, 0.5) is 11.4 Å². The van der Waals surface area contributed by atoms with Crippen LogP contribution in [0.5, 0.6) is 0 Å². The third kappa shape index (κ3) is 8.37. The van der Waals surface area contributed by atoms with E-state index in [0.29, 0.717) is 12.2 Å². The molecule has 9 heteroatoms. The molecule has 2 aliphatic rings. The third-order valence-corrected chi connectivity index (χ3v) is 10.4. The first kappa shape index (κ1) is 38.5. The van der Waals surface area contributed by atoms with E-state index < -0.39 is 15.5 Å². The number of ketones is 1. The van der Waals surface area contributed by atoms with Gasteiger partial charge < -0.3 is 9.45 Å². The molecule has 0 saturated heterocycles. The second-order valence-electron chi connectivity index (χ2n) is 13.2. The number of carbonyl (C=O) groups excluding carboxylic acids is 1. The molecule has 0 aromatic heterocycles. The van der Waals surface area contributed by atoms with Crippen molar-refractivity contribution >= 4 is 45.0 Å². The number of hydrogen-bond acceptors (Lipinski definition) is 6. The fourth-order valence-corrected chi connectivity index (χ4v) is 7.31. The molecule has 0 amide bonds. The zero-order chi connectivity index (χ0) is 35.2. The van der Waals surface area contributed by atoms with Crippen LogP contribution in [0.2, 0.25) is 0 Å². The van der Waals surface area contributed by atoms with E-state index in [-0.39, 0.29) is 16.2 Å². The number of likely N-dealkylation sites (N-methyl/N-ethyl adjacent to an activating group) is 1. The molecule has 47 heavy (non-hydrogen) atoms. The highest BCUT2D eigenvalue weighted by Gasteiger charge is 2.44. The number of rotatable bonds is 13. The van der Waals surface area contributed by atoms with Crippen molar-refractivity contribution in [3.05, 3.63) is 83.6 Å². The monoisotopic (exact) mass is 681 g/mol. The van der Waals surface area contributed by atoms with Crippen molar-refractivity contribution in [1.29, 1.82) is 0 Å². The van der Waals surface area contributed by atoms with Gasteiger partial charge in [-0.2, -0.15) is 13.0 Å². The molecule has 0 radical (unpaired) electrons. The second kappa shape index (κ2) is 15.9. The summed E-state index contributed by atoms with van der Waals surface area (Å²) in [5.41, 5.74) is 5.63. The molecular formula is C38H53N2O5S2+. The first-order valence-electron chi connectivity index (χ1n) is 16.7. The SMILES string of the molecule is CC.CCN1\C(=C/C=C/C=C/C2=[N+](CCCCCC(=O)C(C)C)c3ccc(SO)cc3C2(C)C)C(C)(C)c2cc(S(=O)(=O)O)ccc21. The van der Waals surface area contributed by atoms with Crippen LogP contribution in [-0.4, -0.2) is 46.7 Å². The molecule has 2 N–H and O–H groups in total. The number of unbranched alkanes of at least 4 members (excludes halogenated alkanes) is 2. The summed E-state index contributed by atoms with van der Waals surface area (Å²) >= 11 is 0.762. The zero-order valence-corrected chi connectivity index (χ0v) is 31.1. The lowest BCUT2D eigenvalue weighted by atomic mass is 9.81. The minimum atomic E-state index is -4.30. The largest absolute Gasteiger partial charge is 0.344 e. The molecule has 0 spiro atoms. The number of hydrogen-bond donors (Lipinski definition) is 2. The summed E-state index contributed by atoms with van der Waals surface area (Å²) in [6, 6.07) is 10.9. The molecule has 4 rings (SSSR count). The average Bonchev–Trinajstić information content (AvgIpc) is 3.38. The molecular weight excluding hydrogens is 629 g/mol. The molecule has 0 bridgehead atoms. The summed E-state index contributed by atoms with van der Waals surface area (Å²) in [4.78, 5) is 15.0. The smallest absolute Gasteiger partial charge is 0.294 e. The normalized spacial score (nSPS) is 17.5.